The van der Waals surface area contributed by atoms with E-state index in [0.29, 0.717) is 12.8 Å². The molecule has 1 saturated carbocycles. The molecule has 1 rings (SSSR count). The predicted molar refractivity (Wildman–Crippen MR) is 52.9 cm³/mol. The fraction of sp³-hybridized carbons (Fsp3) is 0.909. The minimum atomic E-state index is -3.20. The van der Waals surface area contributed by atoms with Crippen LogP contribution in [-0.2, 0) is 4.79 Å². The molecule has 0 aliphatic heterocycles. The molecule has 1 N–H and O–H groups in total. The summed E-state index contributed by atoms with van der Waals surface area (Å²) in [5.74, 6) is -4.97. The van der Waals surface area contributed by atoms with E-state index in [-0.39, 0.29) is 5.92 Å². The maximum absolute atomic E-state index is 14.1. The summed E-state index contributed by atoms with van der Waals surface area (Å²) in [5, 5.41) is 9.06. The second kappa shape index (κ2) is 3.16. The van der Waals surface area contributed by atoms with Gasteiger partial charge in [0.15, 0.2) is 0 Å². The molecule has 0 aromatic heterocycles. The number of hydrogen-bond acceptors (Lipinski definition) is 1. The Bertz CT molecular complexity index is 277. The quantitative estimate of drug-likeness (QED) is 0.793. The highest BCUT2D eigenvalue weighted by Crippen LogP contribution is 2.59. The normalized spacial score (nSPS) is 22.3. The van der Waals surface area contributed by atoms with Gasteiger partial charge in [-0.2, -0.15) is 0 Å². The van der Waals surface area contributed by atoms with Crippen LogP contribution in [0.4, 0.5) is 8.78 Å². The topological polar surface area (TPSA) is 37.3 Å². The number of carboxylic acids is 1. The molecule has 0 bridgehead atoms. The van der Waals surface area contributed by atoms with Crippen molar-refractivity contribution in [2.75, 3.05) is 0 Å². The number of aliphatic carboxylic acids is 1. The third kappa shape index (κ3) is 1.64. The molecule has 88 valence electrons. The number of hydrogen-bond donors (Lipinski definition) is 1. The van der Waals surface area contributed by atoms with Crippen molar-refractivity contribution in [2.45, 2.75) is 46.5 Å². The largest absolute Gasteiger partial charge is 0.481 e. The lowest BCUT2D eigenvalue weighted by molar-refractivity contribution is -0.212. The predicted octanol–water partition coefficient (Wildman–Crippen LogP) is 3.17. The molecule has 1 fully saturated rings. The molecule has 0 heterocycles. The molecule has 0 saturated heterocycles. The second-order valence-corrected chi connectivity index (χ2v) is 5.61. The highest BCUT2D eigenvalue weighted by atomic mass is 19.3. The average molecular weight is 220 g/mol. The second-order valence-electron chi connectivity index (χ2n) is 5.61. The zero-order valence-corrected chi connectivity index (χ0v) is 9.60. The molecule has 1 aliphatic carbocycles. The number of carbonyl (C=O) groups is 1. The van der Waals surface area contributed by atoms with Gasteiger partial charge in [-0.1, -0.05) is 20.8 Å². The number of rotatable bonds is 3. The smallest absolute Gasteiger partial charge is 0.315 e. The molecule has 2 nitrogen and oxygen atoms in total. The third-order valence-corrected chi connectivity index (χ3v) is 3.43. The number of carboxylic acid groups (broad SMARTS) is 1. The Hall–Kier alpha value is -0.670. The van der Waals surface area contributed by atoms with Crippen LogP contribution in [0.2, 0.25) is 0 Å². The summed E-state index contributed by atoms with van der Waals surface area (Å²) in [7, 11) is 0. The molecule has 0 aromatic rings. The minimum absolute atomic E-state index is 0.385. The van der Waals surface area contributed by atoms with Gasteiger partial charge in [-0.25, -0.2) is 8.78 Å². The Morgan fingerprint density at radius 1 is 1.20 bits per heavy atom. The van der Waals surface area contributed by atoms with Gasteiger partial charge in [0, 0.05) is 5.41 Å². The van der Waals surface area contributed by atoms with Crippen molar-refractivity contribution in [1.82, 2.24) is 0 Å². The molecule has 1 atom stereocenters. The fourth-order valence-corrected chi connectivity index (χ4v) is 2.00. The van der Waals surface area contributed by atoms with Crippen LogP contribution in [-0.4, -0.2) is 17.0 Å². The SMILES string of the molecule is CC(C)(C)C(F)(F)C(C)(C(=O)O)C1CC1. The highest BCUT2D eigenvalue weighted by Gasteiger charge is 2.67. The van der Waals surface area contributed by atoms with E-state index in [1.807, 2.05) is 0 Å². The Balaban J connectivity index is 3.15. The van der Waals surface area contributed by atoms with Crippen molar-refractivity contribution >= 4 is 5.97 Å². The molecule has 15 heavy (non-hydrogen) atoms. The average Bonchev–Trinajstić information content (AvgIpc) is 2.82. The van der Waals surface area contributed by atoms with Crippen LogP contribution in [0.5, 0.6) is 0 Å². The molecular weight excluding hydrogens is 202 g/mol. The summed E-state index contributed by atoms with van der Waals surface area (Å²) in [6, 6.07) is 0. The summed E-state index contributed by atoms with van der Waals surface area (Å²) < 4.78 is 28.3. The van der Waals surface area contributed by atoms with Gasteiger partial charge in [0.05, 0.1) is 0 Å². The van der Waals surface area contributed by atoms with Gasteiger partial charge in [-0.15, -0.1) is 0 Å². The first kappa shape index (κ1) is 12.4. The van der Waals surface area contributed by atoms with Crippen LogP contribution in [0.25, 0.3) is 0 Å². The van der Waals surface area contributed by atoms with E-state index in [2.05, 4.69) is 0 Å². The Morgan fingerprint density at radius 3 is 1.80 bits per heavy atom. The summed E-state index contributed by atoms with van der Waals surface area (Å²) in [6.45, 7) is 5.34. The van der Waals surface area contributed by atoms with Gasteiger partial charge >= 0.3 is 5.97 Å². The van der Waals surface area contributed by atoms with E-state index in [0.717, 1.165) is 0 Å². The standard InChI is InChI=1S/C11H18F2O2/c1-9(2,3)11(12,13)10(4,8(14)15)7-5-6-7/h7H,5-6H2,1-4H3,(H,14,15). The molecule has 1 aliphatic rings. The molecule has 1 unspecified atom stereocenters. The maximum atomic E-state index is 14.1. The van der Waals surface area contributed by atoms with Gasteiger partial charge in [0.1, 0.15) is 5.41 Å². The van der Waals surface area contributed by atoms with E-state index in [9.17, 15) is 13.6 Å². The maximum Gasteiger partial charge on any atom is 0.315 e. The van der Waals surface area contributed by atoms with E-state index in [1.165, 1.54) is 27.7 Å². The Labute approximate surface area is 88.7 Å². The Kier molecular flexibility index (Phi) is 2.61. The third-order valence-electron chi connectivity index (χ3n) is 3.43. The van der Waals surface area contributed by atoms with Crippen molar-refractivity contribution in [2.24, 2.45) is 16.7 Å². The minimum Gasteiger partial charge on any atom is -0.481 e. The zero-order valence-electron chi connectivity index (χ0n) is 9.60. The number of alkyl halides is 2. The summed E-state index contributed by atoms with van der Waals surface area (Å²) in [6.07, 6.45) is 1.18. The Morgan fingerprint density at radius 2 is 1.60 bits per heavy atom. The lowest BCUT2D eigenvalue weighted by Crippen LogP contribution is -2.54. The van der Waals surface area contributed by atoms with Crippen molar-refractivity contribution < 1.29 is 18.7 Å². The zero-order chi connectivity index (χ0) is 12.1. The molecule has 0 spiro atoms. The van der Waals surface area contributed by atoms with Crippen molar-refractivity contribution in [3.63, 3.8) is 0 Å². The van der Waals surface area contributed by atoms with Crippen molar-refractivity contribution in [3.05, 3.63) is 0 Å². The van der Waals surface area contributed by atoms with E-state index >= 15 is 0 Å². The molecule has 4 heteroatoms. The summed E-state index contributed by atoms with van der Waals surface area (Å²) in [5.41, 5.74) is -3.26. The summed E-state index contributed by atoms with van der Waals surface area (Å²) in [4.78, 5) is 11.1. The van der Waals surface area contributed by atoms with Gasteiger partial charge < -0.3 is 5.11 Å². The van der Waals surface area contributed by atoms with Gasteiger partial charge in [-0.3, -0.25) is 4.79 Å². The number of halogens is 2. The lowest BCUT2D eigenvalue weighted by Gasteiger charge is -2.42. The highest BCUT2D eigenvalue weighted by molar-refractivity contribution is 5.76. The van der Waals surface area contributed by atoms with Crippen LogP contribution in [0, 0.1) is 16.7 Å². The van der Waals surface area contributed by atoms with E-state index in [1.54, 1.807) is 0 Å². The van der Waals surface area contributed by atoms with Gasteiger partial charge in [0.25, 0.3) is 5.92 Å². The first-order valence-corrected chi connectivity index (χ1v) is 5.16. The van der Waals surface area contributed by atoms with Crippen LogP contribution in [0.3, 0.4) is 0 Å². The van der Waals surface area contributed by atoms with E-state index < -0.39 is 22.7 Å². The molecule has 0 radical (unpaired) electrons. The molecule has 0 aromatic carbocycles. The van der Waals surface area contributed by atoms with Crippen LogP contribution >= 0.6 is 0 Å². The molecular formula is C11H18F2O2. The first-order valence-electron chi connectivity index (χ1n) is 5.16. The van der Waals surface area contributed by atoms with Crippen LogP contribution in [0.1, 0.15) is 40.5 Å². The summed E-state index contributed by atoms with van der Waals surface area (Å²) >= 11 is 0. The molecule has 0 amide bonds. The monoisotopic (exact) mass is 220 g/mol. The lowest BCUT2D eigenvalue weighted by atomic mass is 9.68. The van der Waals surface area contributed by atoms with Crippen molar-refractivity contribution in [3.8, 4) is 0 Å². The first-order chi connectivity index (χ1) is 6.55. The van der Waals surface area contributed by atoms with Gasteiger partial charge in [0.2, 0.25) is 0 Å². The van der Waals surface area contributed by atoms with Crippen LogP contribution < -0.4 is 0 Å². The van der Waals surface area contributed by atoms with E-state index in [4.69, 9.17) is 5.11 Å². The van der Waals surface area contributed by atoms with Crippen molar-refractivity contribution in [1.29, 1.82) is 0 Å². The van der Waals surface area contributed by atoms with Gasteiger partial charge in [-0.05, 0) is 25.7 Å². The van der Waals surface area contributed by atoms with Crippen LogP contribution in [0.15, 0.2) is 0 Å². The fourth-order valence-electron chi connectivity index (χ4n) is 2.00.